The lowest BCUT2D eigenvalue weighted by molar-refractivity contribution is 0.496. The van der Waals surface area contributed by atoms with Gasteiger partial charge in [0.1, 0.15) is 16.6 Å². The number of hydrogen-bond donors (Lipinski definition) is 0. The summed E-state index contributed by atoms with van der Waals surface area (Å²) < 4.78 is 5.96. The molecule has 0 saturated heterocycles. The minimum absolute atomic E-state index is 0.396. The van der Waals surface area contributed by atoms with Gasteiger partial charge in [0, 0.05) is 18.0 Å². The second-order valence-electron chi connectivity index (χ2n) is 4.68. The van der Waals surface area contributed by atoms with Crippen molar-refractivity contribution in [2.24, 2.45) is 0 Å². The Kier molecular flexibility index (Phi) is 4.36. The van der Waals surface area contributed by atoms with E-state index in [0.717, 1.165) is 33.6 Å². The molecule has 0 amide bonds. The number of hydrogen-bond acceptors (Lipinski definition) is 5. The van der Waals surface area contributed by atoms with Crippen LogP contribution in [0, 0.1) is 6.92 Å². The van der Waals surface area contributed by atoms with Gasteiger partial charge in [0.2, 0.25) is 5.06 Å². The number of rotatable bonds is 4. The van der Waals surface area contributed by atoms with E-state index in [-0.39, 0.29) is 0 Å². The van der Waals surface area contributed by atoms with Crippen molar-refractivity contribution in [3.63, 3.8) is 0 Å². The maximum atomic E-state index is 5.96. The number of halogens is 1. The Morgan fingerprint density at radius 3 is 2.82 bits per heavy atom. The van der Waals surface area contributed by atoms with Crippen molar-refractivity contribution in [1.29, 1.82) is 0 Å². The lowest BCUT2D eigenvalue weighted by Crippen LogP contribution is -1.90. The summed E-state index contributed by atoms with van der Waals surface area (Å²) >= 11 is 7.43. The average molecular weight is 332 g/mol. The highest BCUT2D eigenvalue weighted by atomic mass is 35.5. The van der Waals surface area contributed by atoms with Crippen LogP contribution in [-0.2, 0) is 6.42 Å². The number of aryl methyl sites for hydroxylation is 2. The Morgan fingerprint density at radius 1 is 1.23 bits per heavy atom. The molecule has 0 N–H and O–H groups in total. The molecule has 0 atom stereocenters. The monoisotopic (exact) mass is 331 g/mol. The van der Waals surface area contributed by atoms with E-state index in [0.29, 0.717) is 10.9 Å². The van der Waals surface area contributed by atoms with Crippen molar-refractivity contribution in [3.8, 4) is 22.2 Å². The van der Waals surface area contributed by atoms with Crippen molar-refractivity contribution in [3.05, 3.63) is 52.4 Å². The highest BCUT2D eigenvalue weighted by Gasteiger charge is 2.16. The van der Waals surface area contributed by atoms with E-state index in [1.165, 1.54) is 11.3 Å². The molecule has 0 unspecified atom stereocenters. The van der Waals surface area contributed by atoms with Gasteiger partial charge in [-0.15, -0.1) is 0 Å². The molecule has 3 heterocycles. The Morgan fingerprint density at radius 2 is 2.09 bits per heavy atom. The molecule has 3 rings (SSSR count). The molecule has 0 saturated carbocycles. The quantitative estimate of drug-likeness (QED) is 0.637. The highest BCUT2D eigenvalue weighted by Crippen LogP contribution is 2.38. The third-order valence-corrected chi connectivity index (χ3v) is 4.27. The van der Waals surface area contributed by atoms with Crippen LogP contribution < -0.4 is 4.74 Å². The van der Waals surface area contributed by atoms with E-state index in [9.17, 15) is 0 Å². The van der Waals surface area contributed by atoms with Gasteiger partial charge in [0.25, 0.3) is 0 Å². The van der Waals surface area contributed by atoms with Crippen LogP contribution in [0.25, 0.3) is 11.4 Å². The fourth-order valence-electron chi connectivity index (χ4n) is 1.96. The van der Waals surface area contributed by atoms with Crippen LogP contribution >= 0.6 is 22.9 Å². The third kappa shape index (κ3) is 3.26. The van der Waals surface area contributed by atoms with Crippen molar-refractivity contribution in [2.75, 3.05) is 0 Å². The largest absolute Gasteiger partial charge is 0.444 e. The maximum absolute atomic E-state index is 5.96. The molecule has 4 nitrogen and oxygen atoms in total. The summed E-state index contributed by atoms with van der Waals surface area (Å²) in [5.74, 6) is 0.639. The molecule has 0 aromatic carbocycles. The van der Waals surface area contributed by atoms with Gasteiger partial charge in [-0.1, -0.05) is 35.9 Å². The van der Waals surface area contributed by atoms with Crippen molar-refractivity contribution < 1.29 is 4.74 Å². The number of aromatic nitrogens is 3. The lowest BCUT2D eigenvalue weighted by Gasteiger charge is -2.05. The Labute approximate surface area is 137 Å². The van der Waals surface area contributed by atoms with E-state index in [1.807, 2.05) is 25.1 Å². The first kappa shape index (κ1) is 14.9. The predicted octanol–water partition coefficient (Wildman–Crippen LogP) is 4.92. The molecular formula is C16H14ClN3OS. The predicted molar refractivity (Wildman–Crippen MR) is 88.8 cm³/mol. The Balaban J connectivity index is 2.02. The van der Waals surface area contributed by atoms with Crippen LogP contribution in [0.3, 0.4) is 0 Å². The van der Waals surface area contributed by atoms with Gasteiger partial charge in [0.15, 0.2) is 0 Å². The SMILES string of the molecule is CCc1nc(-c2cccc(C)n2)c(Oc2ccnc(Cl)c2)s1. The molecular weight excluding hydrogens is 318 g/mol. The standard InChI is InChI=1S/C16H14ClN3OS/c1-3-14-20-15(12-6-4-5-10(2)19-12)16(22-14)21-11-7-8-18-13(17)9-11/h4-9H,3H2,1-2H3. The molecule has 0 radical (unpaired) electrons. The van der Waals surface area contributed by atoms with Gasteiger partial charge < -0.3 is 4.74 Å². The van der Waals surface area contributed by atoms with Crippen molar-refractivity contribution >= 4 is 22.9 Å². The molecule has 0 spiro atoms. The number of pyridine rings is 2. The van der Waals surface area contributed by atoms with Gasteiger partial charge >= 0.3 is 0 Å². The van der Waals surface area contributed by atoms with E-state index >= 15 is 0 Å². The van der Waals surface area contributed by atoms with E-state index in [2.05, 4.69) is 21.9 Å². The van der Waals surface area contributed by atoms with E-state index < -0.39 is 0 Å². The zero-order chi connectivity index (χ0) is 15.5. The second-order valence-corrected chi connectivity index (χ2v) is 6.11. The van der Waals surface area contributed by atoms with Gasteiger partial charge in [-0.3, -0.25) is 4.98 Å². The third-order valence-electron chi connectivity index (χ3n) is 2.98. The number of nitrogens with zero attached hydrogens (tertiary/aromatic N) is 3. The molecule has 0 aliphatic carbocycles. The summed E-state index contributed by atoms with van der Waals surface area (Å²) in [4.78, 5) is 13.1. The van der Waals surface area contributed by atoms with Crippen LogP contribution in [-0.4, -0.2) is 15.0 Å². The van der Waals surface area contributed by atoms with Crippen LogP contribution in [0.2, 0.25) is 5.15 Å². The summed E-state index contributed by atoms with van der Waals surface area (Å²) in [6, 6.07) is 9.31. The number of thiazole rings is 1. The Hall–Kier alpha value is -1.98. The first-order chi connectivity index (χ1) is 10.7. The first-order valence-corrected chi connectivity index (χ1v) is 8.08. The fraction of sp³-hybridized carbons (Fsp3) is 0.188. The van der Waals surface area contributed by atoms with Gasteiger partial charge in [-0.05, 0) is 31.5 Å². The van der Waals surface area contributed by atoms with Crippen LogP contribution in [0.5, 0.6) is 10.8 Å². The van der Waals surface area contributed by atoms with Crippen LogP contribution in [0.4, 0.5) is 0 Å². The first-order valence-electron chi connectivity index (χ1n) is 6.89. The van der Waals surface area contributed by atoms with E-state index in [4.69, 9.17) is 16.3 Å². The zero-order valence-corrected chi connectivity index (χ0v) is 13.8. The smallest absolute Gasteiger partial charge is 0.210 e. The highest BCUT2D eigenvalue weighted by molar-refractivity contribution is 7.14. The van der Waals surface area contributed by atoms with Crippen LogP contribution in [0.15, 0.2) is 36.5 Å². The molecule has 3 aromatic rings. The van der Waals surface area contributed by atoms with Gasteiger partial charge in [-0.25, -0.2) is 9.97 Å². The van der Waals surface area contributed by atoms with Crippen molar-refractivity contribution in [2.45, 2.75) is 20.3 Å². The maximum Gasteiger partial charge on any atom is 0.210 e. The molecule has 6 heteroatoms. The molecule has 0 aliphatic rings. The second kappa shape index (κ2) is 6.42. The Bertz CT molecular complexity index is 804. The lowest BCUT2D eigenvalue weighted by atomic mass is 10.2. The summed E-state index contributed by atoms with van der Waals surface area (Å²) in [6.45, 7) is 4.03. The molecule has 0 aliphatic heterocycles. The molecule has 0 fully saturated rings. The van der Waals surface area contributed by atoms with Gasteiger partial charge in [0.05, 0.1) is 10.7 Å². The fourth-order valence-corrected chi connectivity index (χ4v) is 3.00. The van der Waals surface area contributed by atoms with Crippen LogP contribution in [0.1, 0.15) is 17.6 Å². The van der Waals surface area contributed by atoms with Crippen molar-refractivity contribution in [1.82, 2.24) is 15.0 Å². The average Bonchev–Trinajstić information content (AvgIpc) is 2.90. The zero-order valence-electron chi connectivity index (χ0n) is 12.2. The normalized spacial score (nSPS) is 10.7. The summed E-state index contributed by atoms with van der Waals surface area (Å²) in [5, 5.41) is 2.12. The minimum atomic E-state index is 0.396. The molecule has 3 aromatic heterocycles. The summed E-state index contributed by atoms with van der Waals surface area (Å²) in [7, 11) is 0. The molecule has 112 valence electrons. The van der Waals surface area contributed by atoms with E-state index in [1.54, 1.807) is 18.3 Å². The number of ether oxygens (including phenoxy) is 1. The molecule has 0 bridgehead atoms. The summed E-state index contributed by atoms with van der Waals surface area (Å²) in [5.41, 5.74) is 2.52. The topological polar surface area (TPSA) is 47.9 Å². The van der Waals surface area contributed by atoms with Gasteiger partial charge in [-0.2, -0.15) is 0 Å². The summed E-state index contributed by atoms with van der Waals surface area (Å²) in [6.07, 6.45) is 2.47. The minimum Gasteiger partial charge on any atom is -0.444 e. The molecule has 22 heavy (non-hydrogen) atoms.